The number of hydrogen-bond donors (Lipinski definition) is 2. The van der Waals surface area contributed by atoms with E-state index in [9.17, 15) is 9.59 Å². The van der Waals surface area contributed by atoms with Crippen LogP contribution in [0.3, 0.4) is 0 Å². The number of benzene rings is 1. The van der Waals surface area contributed by atoms with Crippen molar-refractivity contribution in [3.05, 3.63) is 69.4 Å². The van der Waals surface area contributed by atoms with E-state index in [0.717, 1.165) is 22.0 Å². The molecule has 2 N–H and O–H groups in total. The molecule has 0 atom stereocenters. The molecule has 1 amide bonds. The molecular weight excluding hydrogens is 304 g/mol. The summed E-state index contributed by atoms with van der Waals surface area (Å²) in [6, 6.07) is 9.55. The van der Waals surface area contributed by atoms with Gasteiger partial charge in [0, 0.05) is 12.0 Å². The number of H-pyrrole nitrogens is 1. The van der Waals surface area contributed by atoms with E-state index in [1.54, 1.807) is 18.4 Å². The number of nitrogens with one attached hydrogen (secondary N) is 2. The molecule has 0 radical (unpaired) electrons. The number of aromatic amines is 1. The van der Waals surface area contributed by atoms with E-state index >= 15 is 0 Å². The van der Waals surface area contributed by atoms with E-state index in [0.29, 0.717) is 24.3 Å². The highest BCUT2D eigenvalue weighted by Gasteiger charge is 2.09. The monoisotopic (exact) mass is 324 g/mol. The molecule has 0 fully saturated rings. The van der Waals surface area contributed by atoms with Crippen LogP contribution >= 0.6 is 0 Å². The Kier molecular flexibility index (Phi) is 4.51. The molecule has 0 aliphatic heterocycles. The lowest BCUT2D eigenvalue weighted by atomic mass is 10.0. The number of hydrogen-bond acceptors (Lipinski definition) is 3. The molecule has 5 nitrogen and oxygen atoms in total. The van der Waals surface area contributed by atoms with Crippen LogP contribution in [0.1, 0.15) is 28.9 Å². The Morgan fingerprint density at radius 3 is 2.83 bits per heavy atom. The van der Waals surface area contributed by atoms with E-state index < -0.39 is 0 Å². The van der Waals surface area contributed by atoms with Gasteiger partial charge in [0.05, 0.1) is 18.3 Å². The summed E-state index contributed by atoms with van der Waals surface area (Å²) in [7, 11) is 0. The first-order valence-corrected chi connectivity index (χ1v) is 7.95. The molecule has 0 saturated carbocycles. The largest absolute Gasteiger partial charge is 0.467 e. The Morgan fingerprint density at radius 1 is 1.25 bits per heavy atom. The second-order valence-electron chi connectivity index (χ2n) is 6.03. The summed E-state index contributed by atoms with van der Waals surface area (Å²) in [5, 5.41) is 3.78. The van der Waals surface area contributed by atoms with E-state index in [-0.39, 0.29) is 17.9 Å². The number of amides is 1. The van der Waals surface area contributed by atoms with Gasteiger partial charge >= 0.3 is 0 Å². The Hall–Kier alpha value is -2.82. The van der Waals surface area contributed by atoms with Gasteiger partial charge in [-0.25, -0.2) is 0 Å². The molecule has 5 heteroatoms. The zero-order valence-corrected chi connectivity index (χ0v) is 13.8. The summed E-state index contributed by atoms with van der Waals surface area (Å²) in [5.74, 6) is 0.601. The van der Waals surface area contributed by atoms with Gasteiger partial charge in [-0.2, -0.15) is 0 Å². The minimum atomic E-state index is -0.131. The van der Waals surface area contributed by atoms with Gasteiger partial charge in [0.15, 0.2) is 0 Å². The smallest absolute Gasteiger partial charge is 0.251 e. The van der Waals surface area contributed by atoms with Crippen LogP contribution in [-0.2, 0) is 17.8 Å². The Balaban J connectivity index is 1.69. The van der Waals surface area contributed by atoms with Crippen molar-refractivity contribution in [1.82, 2.24) is 10.3 Å². The summed E-state index contributed by atoms with van der Waals surface area (Å²) in [5.41, 5.74) is 3.55. The minimum Gasteiger partial charge on any atom is -0.467 e. The Bertz CT molecular complexity index is 924. The van der Waals surface area contributed by atoms with E-state index in [4.69, 9.17) is 4.42 Å². The maximum Gasteiger partial charge on any atom is 0.251 e. The molecule has 0 aliphatic rings. The molecule has 24 heavy (non-hydrogen) atoms. The molecule has 1 aromatic carbocycles. The summed E-state index contributed by atoms with van der Waals surface area (Å²) in [6.45, 7) is 4.37. The Labute approximate surface area is 139 Å². The number of carbonyl (C=O) groups is 1. The van der Waals surface area contributed by atoms with Crippen LogP contribution < -0.4 is 10.9 Å². The third-order valence-electron chi connectivity index (χ3n) is 4.03. The SMILES string of the molecule is Cc1cc(C)c2[nH]c(=O)c(CCC(=O)NCc3ccco3)cc2c1. The lowest BCUT2D eigenvalue weighted by molar-refractivity contribution is -0.121. The molecule has 2 heterocycles. The molecule has 0 bridgehead atoms. The van der Waals surface area contributed by atoms with E-state index in [1.165, 1.54) is 0 Å². The van der Waals surface area contributed by atoms with Crippen molar-refractivity contribution < 1.29 is 9.21 Å². The molecular formula is C19H20N2O3. The highest BCUT2D eigenvalue weighted by molar-refractivity contribution is 5.83. The van der Waals surface area contributed by atoms with Crippen molar-refractivity contribution in [3.8, 4) is 0 Å². The molecule has 0 unspecified atom stereocenters. The predicted molar refractivity (Wildman–Crippen MR) is 92.9 cm³/mol. The summed E-state index contributed by atoms with van der Waals surface area (Å²) < 4.78 is 5.17. The summed E-state index contributed by atoms with van der Waals surface area (Å²) in [4.78, 5) is 27.1. The standard InChI is InChI=1S/C19H20N2O3/c1-12-8-13(2)18-15(9-12)10-14(19(23)21-18)5-6-17(22)20-11-16-4-3-7-24-16/h3-4,7-10H,5-6,11H2,1-2H3,(H,20,22)(H,21,23). The van der Waals surface area contributed by atoms with Gasteiger partial charge in [-0.05, 0) is 55.5 Å². The van der Waals surface area contributed by atoms with Crippen LogP contribution in [-0.4, -0.2) is 10.9 Å². The number of rotatable bonds is 5. The first-order valence-electron chi connectivity index (χ1n) is 7.95. The van der Waals surface area contributed by atoms with Crippen molar-refractivity contribution in [2.45, 2.75) is 33.2 Å². The number of fused-ring (bicyclic) bond motifs is 1. The Morgan fingerprint density at radius 2 is 2.08 bits per heavy atom. The van der Waals surface area contributed by atoms with E-state index in [2.05, 4.69) is 10.3 Å². The second kappa shape index (κ2) is 6.74. The highest BCUT2D eigenvalue weighted by atomic mass is 16.3. The van der Waals surface area contributed by atoms with E-state index in [1.807, 2.05) is 32.0 Å². The normalized spacial score (nSPS) is 10.9. The van der Waals surface area contributed by atoms with Gasteiger partial charge in [-0.3, -0.25) is 9.59 Å². The fraction of sp³-hybridized carbons (Fsp3) is 0.263. The number of furan rings is 1. The van der Waals surface area contributed by atoms with Crippen LogP contribution in [0.15, 0.2) is 45.8 Å². The van der Waals surface area contributed by atoms with Gasteiger partial charge in [0.2, 0.25) is 5.91 Å². The molecule has 124 valence electrons. The average Bonchev–Trinajstić information content (AvgIpc) is 3.05. The molecule has 2 aromatic heterocycles. The maximum atomic E-state index is 12.2. The number of aryl methyl sites for hydroxylation is 3. The van der Waals surface area contributed by atoms with Crippen LogP contribution in [0.5, 0.6) is 0 Å². The first kappa shape index (κ1) is 16.1. The number of carbonyl (C=O) groups excluding carboxylic acids is 1. The lowest BCUT2D eigenvalue weighted by Crippen LogP contribution is -2.24. The van der Waals surface area contributed by atoms with Gasteiger partial charge in [-0.15, -0.1) is 0 Å². The van der Waals surface area contributed by atoms with Crippen LogP contribution in [0.4, 0.5) is 0 Å². The van der Waals surface area contributed by atoms with Crippen molar-refractivity contribution in [2.24, 2.45) is 0 Å². The average molecular weight is 324 g/mol. The highest BCUT2D eigenvalue weighted by Crippen LogP contribution is 2.18. The first-order chi connectivity index (χ1) is 11.5. The lowest BCUT2D eigenvalue weighted by Gasteiger charge is -2.07. The minimum absolute atomic E-state index is 0.105. The molecule has 3 aromatic rings. The van der Waals surface area contributed by atoms with Crippen LogP contribution in [0, 0.1) is 13.8 Å². The fourth-order valence-electron chi connectivity index (χ4n) is 2.85. The number of aromatic nitrogens is 1. The quantitative estimate of drug-likeness (QED) is 0.757. The molecule has 0 saturated heterocycles. The predicted octanol–water partition coefficient (Wildman–Crippen LogP) is 2.99. The van der Waals surface area contributed by atoms with Crippen LogP contribution in [0.25, 0.3) is 10.9 Å². The fourth-order valence-corrected chi connectivity index (χ4v) is 2.85. The second-order valence-corrected chi connectivity index (χ2v) is 6.03. The zero-order valence-electron chi connectivity index (χ0n) is 13.8. The van der Waals surface area contributed by atoms with Crippen molar-refractivity contribution >= 4 is 16.8 Å². The van der Waals surface area contributed by atoms with Gasteiger partial charge in [-0.1, -0.05) is 11.6 Å². The van der Waals surface area contributed by atoms with Gasteiger partial charge < -0.3 is 14.7 Å². The van der Waals surface area contributed by atoms with Gasteiger partial charge in [0.25, 0.3) is 5.56 Å². The summed E-state index contributed by atoms with van der Waals surface area (Å²) >= 11 is 0. The molecule has 0 spiro atoms. The topological polar surface area (TPSA) is 75.1 Å². The van der Waals surface area contributed by atoms with Gasteiger partial charge in [0.1, 0.15) is 5.76 Å². The van der Waals surface area contributed by atoms with Crippen molar-refractivity contribution in [1.29, 1.82) is 0 Å². The zero-order chi connectivity index (χ0) is 17.1. The van der Waals surface area contributed by atoms with Crippen molar-refractivity contribution in [3.63, 3.8) is 0 Å². The van der Waals surface area contributed by atoms with Crippen molar-refractivity contribution in [2.75, 3.05) is 0 Å². The van der Waals surface area contributed by atoms with Crippen LogP contribution in [0.2, 0.25) is 0 Å². The maximum absolute atomic E-state index is 12.2. The third kappa shape index (κ3) is 3.56. The summed E-state index contributed by atoms with van der Waals surface area (Å²) in [6.07, 6.45) is 2.24. The molecule has 3 rings (SSSR count). The third-order valence-corrected chi connectivity index (χ3v) is 4.03. The number of pyridine rings is 1. The molecule has 0 aliphatic carbocycles.